The number of carboxylic acids is 2. The number of carboxylic acid groups (broad SMARTS) is 2. The maximum Gasteiger partial charge on any atom is 0.0881 e. The molecule has 10 nitrogen and oxygen atoms in total. The predicted molar refractivity (Wildman–Crippen MR) is 164 cm³/mol. The maximum absolute atomic E-state index is 12.0. The number of aliphatic hydroxyl groups excluding tert-OH is 2. The lowest BCUT2D eigenvalue weighted by Crippen LogP contribution is -2.65. The summed E-state index contributed by atoms with van der Waals surface area (Å²) in [6, 6.07) is 3.83. The number of H-pyrrole nitrogens is 1. The predicted octanol–water partition coefficient (Wildman–Crippen LogP) is -0.131. The number of nitrogens with one attached hydrogen (secondary N) is 2. The zero-order valence-corrected chi connectivity index (χ0v) is 26.0. The first-order valence-corrected chi connectivity index (χ1v) is 15.1. The minimum Gasteiger partial charge on any atom is -0.550 e. The topological polar surface area (TPSA) is 173 Å². The molecule has 6 atom stereocenters. The van der Waals surface area contributed by atoms with Crippen molar-refractivity contribution in [2.45, 2.75) is 96.1 Å². The molecule has 4 aliphatic rings. The van der Waals surface area contributed by atoms with E-state index in [1.54, 1.807) is 13.8 Å². The Morgan fingerprint density at radius 2 is 1.70 bits per heavy atom. The third-order valence-corrected chi connectivity index (χ3v) is 9.94. The summed E-state index contributed by atoms with van der Waals surface area (Å²) in [5.74, 6) is -3.11. The molecule has 6 unspecified atom stereocenters. The van der Waals surface area contributed by atoms with Gasteiger partial charge in [-0.1, -0.05) is 6.92 Å². The molecule has 234 valence electrons. The molecule has 44 heavy (non-hydrogen) atoms. The smallest absolute Gasteiger partial charge is 0.0881 e. The molecule has 10 heteroatoms. The summed E-state index contributed by atoms with van der Waals surface area (Å²) in [5, 5.41) is 51.9. The first kappa shape index (κ1) is 31.6. The number of aliphatic hydroxyl groups is 2. The molecule has 0 aliphatic carbocycles. The van der Waals surface area contributed by atoms with E-state index in [0.29, 0.717) is 28.1 Å². The van der Waals surface area contributed by atoms with Crippen LogP contribution in [0.25, 0.3) is 12.2 Å². The molecule has 0 radical (unpaired) electrons. The number of nitrogens with zero attached hydrogens (tertiary/aromatic N) is 2. The van der Waals surface area contributed by atoms with Crippen LogP contribution in [0.15, 0.2) is 68.3 Å². The third-order valence-electron chi connectivity index (χ3n) is 9.94. The van der Waals surface area contributed by atoms with Crippen LogP contribution in [0, 0.1) is 5.92 Å². The average molecular weight is 601 g/mol. The number of carbonyl (C=O) groups is 2. The Balaban J connectivity index is 1.88. The van der Waals surface area contributed by atoms with Gasteiger partial charge in [-0.05, 0) is 125 Å². The van der Waals surface area contributed by atoms with Crippen molar-refractivity contribution in [2.24, 2.45) is 15.9 Å². The van der Waals surface area contributed by atoms with E-state index in [2.05, 4.69) is 10.3 Å². The zero-order chi connectivity index (χ0) is 32.2. The summed E-state index contributed by atoms with van der Waals surface area (Å²) in [5.41, 5.74) is 1.38. The molecule has 0 fully saturated rings. The number of aromatic amines is 1. The Morgan fingerprint density at radius 3 is 2.32 bits per heavy atom. The Labute approximate surface area is 256 Å². The Morgan fingerprint density at radius 1 is 1.05 bits per heavy atom. The third kappa shape index (κ3) is 5.14. The van der Waals surface area contributed by atoms with Crippen molar-refractivity contribution in [3.63, 3.8) is 0 Å². The second-order valence-corrected chi connectivity index (χ2v) is 12.7. The highest BCUT2D eigenvalue weighted by Gasteiger charge is 2.61. The first-order valence-electron chi connectivity index (χ1n) is 15.1. The number of allylic oxidation sites excluding steroid dienone is 3. The van der Waals surface area contributed by atoms with E-state index in [1.807, 2.05) is 70.2 Å². The van der Waals surface area contributed by atoms with Gasteiger partial charge in [0.25, 0.3) is 0 Å². The van der Waals surface area contributed by atoms with Crippen LogP contribution in [-0.4, -0.2) is 67.4 Å². The quantitative estimate of drug-likeness (QED) is 0.301. The fraction of sp³-hybridized carbons (Fsp3) is 0.471. The van der Waals surface area contributed by atoms with Gasteiger partial charge in [-0.2, -0.15) is 0 Å². The lowest BCUT2D eigenvalue weighted by atomic mass is 9.62. The molecule has 8 bridgehead atoms. The highest BCUT2D eigenvalue weighted by molar-refractivity contribution is 6.22. The molecule has 4 aliphatic heterocycles. The Bertz CT molecular complexity index is 1720. The van der Waals surface area contributed by atoms with Crippen molar-refractivity contribution in [1.29, 1.82) is 0 Å². The fourth-order valence-corrected chi connectivity index (χ4v) is 8.10. The van der Waals surface area contributed by atoms with Gasteiger partial charge in [-0.25, -0.2) is 4.99 Å². The van der Waals surface area contributed by atoms with Crippen LogP contribution in [0.2, 0.25) is 0 Å². The molecule has 0 aromatic carbocycles. The van der Waals surface area contributed by atoms with Gasteiger partial charge in [-0.3, -0.25) is 10.3 Å². The van der Waals surface area contributed by atoms with Gasteiger partial charge in [0, 0.05) is 28.6 Å². The van der Waals surface area contributed by atoms with Gasteiger partial charge in [0.15, 0.2) is 0 Å². The molecule has 5 rings (SSSR count). The molecular weight excluding hydrogens is 560 g/mol. The molecule has 0 spiro atoms. The molecule has 5 heterocycles. The SMILES string of the molecule is CC1=C(CCC(=O)[O-])C2(CCC(=O)[O-])N=C1/C=c1/cc/c([nH]1)=C/C1=NC(=C\C3(C)NC(C(C)O)(C(C)=C3C(C)O)C2C)/C=C1. The summed E-state index contributed by atoms with van der Waals surface area (Å²) in [6.45, 7) is 10.9. The van der Waals surface area contributed by atoms with Crippen LogP contribution in [0.3, 0.4) is 0 Å². The minimum absolute atomic E-state index is 0.0128. The largest absolute Gasteiger partial charge is 0.550 e. The molecular formula is C34H40N4O6-2. The molecule has 0 amide bonds. The summed E-state index contributed by atoms with van der Waals surface area (Å²) in [7, 11) is 0. The highest BCUT2D eigenvalue weighted by atomic mass is 16.4. The summed E-state index contributed by atoms with van der Waals surface area (Å²) in [4.78, 5) is 37.1. The van der Waals surface area contributed by atoms with E-state index in [9.17, 15) is 30.0 Å². The van der Waals surface area contributed by atoms with Crippen LogP contribution in [0.4, 0.5) is 0 Å². The Kier molecular flexibility index (Phi) is 8.07. The van der Waals surface area contributed by atoms with Gasteiger partial charge in [-0.15, -0.1) is 0 Å². The van der Waals surface area contributed by atoms with E-state index >= 15 is 0 Å². The first-order chi connectivity index (χ1) is 20.6. The Hall–Kier alpha value is -3.86. The highest BCUT2D eigenvalue weighted by Crippen LogP contribution is 2.54. The van der Waals surface area contributed by atoms with E-state index in [0.717, 1.165) is 22.0 Å². The number of hydrogen-bond acceptors (Lipinski definition) is 9. The zero-order valence-electron chi connectivity index (χ0n) is 26.0. The van der Waals surface area contributed by atoms with Crippen molar-refractivity contribution >= 4 is 35.5 Å². The number of carbonyl (C=O) groups excluding carboxylic acids is 2. The number of rotatable bonds is 8. The monoisotopic (exact) mass is 600 g/mol. The maximum atomic E-state index is 12.0. The van der Waals surface area contributed by atoms with E-state index in [4.69, 9.17) is 9.98 Å². The van der Waals surface area contributed by atoms with E-state index in [-0.39, 0.29) is 25.7 Å². The minimum atomic E-state index is -1.26. The van der Waals surface area contributed by atoms with Gasteiger partial charge in [0.05, 0.1) is 45.9 Å². The van der Waals surface area contributed by atoms with Gasteiger partial charge < -0.3 is 35.0 Å². The lowest BCUT2D eigenvalue weighted by Gasteiger charge is -2.50. The fourth-order valence-electron chi connectivity index (χ4n) is 8.10. The normalized spacial score (nSPS) is 33.5. The van der Waals surface area contributed by atoms with Gasteiger partial charge >= 0.3 is 0 Å². The van der Waals surface area contributed by atoms with Crippen molar-refractivity contribution in [2.75, 3.05) is 0 Å². The van der Waals surface area contributed by atoms with Crippen LogP contribution in [0.1, 0.15) is 67.2 Å². The number of aliphatic carboxylic acids is 2. The second-order valence-electron chi connectivity index (χ2n) is 12.7. The number of aliphatic imine (C=N–C) groups is 2. The van der Waals surface area contributed by atoms with Crippen molar-refractivity contribution in [1.82, 2.24) is 10.3 Å². The number of aromatic nitrogens is 1. The molecule has 4 N–H and O–H groups in total. The van der Waals surface area contributed by atoms with Crippen molar-refractivity contribution in [3.05, 3.63) is 69.0 Å². The molecule has 0 saturated carbocycles. The summed E-state index contributed by atoms with van der Waals surface area (Å²) < 4.78 is 0. The van der Waals surface area contributed by atoms with Crippen LogP contribution in [-0.2, 0) is 9.59 Å². The average Bonchev–Trinajstić information content (AvgIpc) is 3.67. The molecule has 1 aromatic rings. The van der Waals surface area contributed by atoms with Crippen molar-refractivity contribution in [3.8, 4) is 0 Å². The summed E-state index contributed by atoms with van der Waals surface area (Å²) in [6.07, 6.45) is 7.07. The van der Waals surface area contributed by atoms with Gasteiger partial charge in [0.2, 0.25) is 0 Å². The lowest BCUT2D eigenvalue weighted by molar-refractivity contribution is -0.307. The van der Waals surface area contributed by atoms with Crippen LogP contribution in [0.5, 0.6) is 0 Å². The van der Waals surface area contributed by atoms with Crippen LogP contribution >= 0.6 is 0 Å². The standard InChI is InChI=1S/C34H42N4O6/c1-18-27(11-12-29(41)42)33(14-13-30(43)44)21(4)34(22(5)40)19(2)31(20(3)39)32(6,38-34)17-26-10-9-24(36-26)15-23-7-8-25(35-23)16-28(18)37-33/h7-10,15-17,20-22,35,38-40H,11-14H2,1-6H3,(H,41,42)(H,43,44)/p-2/b23-15-,25-16-,26-17-. The van der Waals surface area contributed by atoms with Crippen LogP contribution < -0.4 is 26.2 Å². The van der Waals surface area contributed by atoms with E-state index < -0.39 is 46.7 Å². The summed E-state index contributed by atoms with van der Waals surface area (Å²) >= 11 is 0. The second kappa shape index (κ2) is 11.3. The molecule has 1 aromatic heterocycles. The number of hydrogen-bond donors (Lipinski definition) is 4. The number of fused-ring (bicyclic) bond motifs is 6. The van der Waals surface area contributed by atoms with Crippen molar-refractivity contribution < 1.29 is 30.0 Å². The van der Waals surface area contributed by atoms with Gasteiger partial charge in [0.1, 0.15) is 0 Å². The van der Waals surface area contributed by atoms with E-state index in [1.165, 1.54) is 0 Å². The molecule has 0 saturated heterocycles.